The van der Waals surface area contributed by atoms with Crippen molar-refractivity contribution < 1.29 is 17.9 Å². The zero-order valence-electron chi connectivity index (χ0n) is 12.7. The lowest BCUT2D eigenvalue weighted by Gasteiger charge is -2.29. The van der Waals surface area contributed by atoms with Crippen LogP contribution in [-0.4, -0.2) is 43.2 Å². The molecule has 1 amide bonds. The lowest BCUT2D eigenvalue weighted by Crippen LogP contribution is -2.43. The lowest BCUT2D eigenvalue weighted by molar-refractivity contribution is -0.132. The number of likely N-dealkylation sites (tertiary alicyclic amines) is 1. The first-order chi connectivity index (χ1) is 10.9. The van der Waals surface area contributed by atoms with Gasteiger partial charge in [0.1, 0.15) is 5.25 Å². The molecule has 3 atom stereocenters. The van der Waals surface area contributed by atoms with Gasteiger partial charge in [-0.25, -0.2) is 8.42 Å². The number of ether oxygens (including phenoxy) is 1. The number of carbonyl (C=O) groups excluding carboxylic acids is 1. The molecule has 1 aliphatic carbocycles. The van der Waals surface area contributed by atoms with Crippen LogP contribution in [-0.2, 0) is 25.2 Å². The quantitative estimate of drug-likeness (QED) is 0.758. The van der Waals surface area contributed by atoms with Crippen LogP contribution in [0.15, 0.2) is 30.3 Å². The van der Waals surface area contributed by atoms with Gasteiger partial charge >= 0.3 is 0 Å². The summed E-state index contributed by atoms with van der Waals surface area (Å²) in [5.41, 5.74) is 1.09. The molecule has 0 radical (unpaired) electrons. The molecule has 1 saturated carbocycles. The van der Waals surface area contributed by atoms with Crippen molar-refractivity contribution in [3.8, 4) is 0 Å². The van der Waals surface area contributed by atoms with Gasteiger partial charge in [0.25, 0.3) is 0 Å². The molecule has 7 heteroatoms. The molecule has 0 spiro atoms. The summed E-state index contributed by atoms with van der Waals surface area (Å²) in [6.45, 7) is 0.682. The molecule has 0 aromatic heterocycles. The maximum absolute atomic E-state index is 12.2. The number of benzene rings is 1. The SMILES string of the molecule is O=C1CC(S(=O)(=O)Cl)CN1C1CCCC1OCc1ccccc1. The number of hydrogen-bond donors (Lipinski definition) is 0. The summed E-state index contributed by atoms with van der Waals surface area (Å²) < 4.78 is 29.0. The fourth-order valence-electron chi connectivity index (χ4n) is 3.44. The standard InChI is InChI=1S/C16H20ClNO4S/c17-23(20,21)13-9-16(19)18(10-13)14-7-4-8-15(14)22-11-12-5-2-1-3-6-12/h1-3,5-6,13-15H,4,7-11H2. The molecule has 1 saturated heterocycles. The number of amides is 1. The fraction of sp³-hybridized carbons (Fsp3) is 0.562. The van der Waals surface area contributed by atoms with Crippen LogP contribution in [0.2, 0.25) is 0 Å². The summed E-state index contributed by atoms with van der Waals surface area (Å²) in [6, 6.07) is 9.84. The third-order valence-electron chi connectivity index (χ3n) is 4.65. The van der Waals surface area contributed by atoms with Crippen LogP contribution in [0, 0.1) is 0 Å². The minimum absolute atomic E-state index is 0.0201. The van der Waals surface area contributed by atoms with Gasteiger partial charge in [0.15, 0.2) is 0 Å². The Labute approximate surface area is 141 Å². The van der Waals surface area contributed by atoms with Gasteiger partial charge in [0.05, 0.1) is 18.8 Å². The van der Waals surface area contributed by atoms with Crippen molar-refractivity contribution >= 4 is 25.6 Å². The van der Waals surface area contributed by atoms with E-state index >= 15 is 0 Å². The van der Waals surface area contributed by atoms with Crippen molar-refractivity contribution in [1.29, 1.82) is 0 Å². The molecule has 2 fully saturated rings. The minimum Gasteiger partial charge on any atom is -0.371 e. The highest BCUT2D eigenvalue weighted by molar-refractivity contribution is 8.14. The molecule has 1 heterocycles. The van der Waals surface area contributed by atoms with Gasteiger partial charge in [-0.1, -0.05) is 30.3 Å². The van der Waals surface area contributed by atoms with E-state index in [2.05, 4.69) is 0 Å². The van der Waals surface area contributed by atoms with Crippen LogP contribution in [0.5, 0.6) is 0 Å². The van der Waals surface area contributed by atoms with Gasteiger partial charge in [0.2, 0.25) is 15.0 Å². The maximum atomic E-state index is 12.2. The Morgan fingerprint density at radius 1 is 1.22 bits per heavy atom. The molecule has 1 aliphatic heterocycles. The van der Waals surface area contributed by atoms with Gasteiger partial charge in [-0.3, -0.25) is 4.79 Å². The number of halogens is 1. The van der Waals surface area contributed by atoms with Crippen LogP contribution >= 0.6 is 10.7 Å². The Balaban J connectivity index is 1.64. The molecule has 126 valence electrons. The van der Waals surface area contributed by atoms with Gasteiger partial charge < -0.3 is 9.64 Å². The van der Waals surface area contributed by atoms with E-state index in [4.69, 9.17) is 15.4 Å². The topological polar surface area (TPSA) is 63.7 Å². The van der Waals surface area contributed by atoms with Crippen LogP contribution in [0.4, 0.5) is 0 Å². The summed E-state index contributed by atoms with van der Waals surface area (Å²) in [4.78, 5) is 13.8. The molecule has 3 rings (SSSR count). The Bertz CT molecular complexity index is 664. The predicted molar refractivity (Wildman–Crippen MR) is 87.5 cm³/mol. The summed E-state index contributed by atoms with van der Waals surface area (Å²) in [6.07, 6.45) is 2.65. The van der Waals surface area contributed by atoms with Crippen molar-refractivity contribution in [2.75, 3.05) is 6.54 Å². The molecule has 1 aromatic rings. The highest BCUT2D eigenvalue weighted by atomic mass is 35.7. The normalized spacial score (nSPS) is 28.5. The molecule has 0 bridgehead atoms. The van der Waals surface area contributed by atoms with Crippen molar-refractivity contribution in [3.63, 3.8) is 0 Å². The van der Waals surface area contributed by atoms with Gasteiger partial charge in [0, 0.05) is 23.6 Å². The van der Waals surface area contributed by atoms with Gasteiger partial charge in [-0.05, 0) is 24.8 Å². The fourth-order valence-corrected chi connectivity index (χ4v) is 4.48. The summed E-state index contributed by atoms with van der Waals surface area (Å²) >= 11 is 0. The lowest BCUT2D eigenvalue weighted by atomic mass is 10.2. The Morgan fingerprint density at radius 2 is 1.96 bits per heavy atom. The first-order valence-electron chi connectivity index (χ1n) is 7.83. The molecule has 2 aliphatic rings. The first kappa shape index (κ1) is 16.7. The first-order valence-corrected chi connectivity index (χ1v) is 10.2. The highest BCUT2D eigenvalue weighted by Crippen LogP contribution is 2.32. The number of nitrogens with zero attached hydrogens (tertiary/aromatic N) is 1. The smallest absolute Gasteiger partial charge is 0.237 e. The second-order valence-electron chi connectivity index (χ2n) is 6.18. The van der Waals surface area contributed by atoms with Crippen molar-refractivity contribution in [2.45, 2.75) is 49.7 Å². The zero-order chi connectivity index (χ0) is 16.4. The molecule has 23 heavy (non-hydrogen) atoms. The van der Waals surface area contributed by atoms with Crippen molar-refractivity contribution in [2.24, 2.45) is 0 Å². The van der Waals surface area contributed by atoms with E-state index in [9.17, 15) is 13.2 Å². The number of carbonyl (C=O) groups is 1. The third-order valence-corrected chi connectivity index (χ3v) is 6.51. The van der Waals surface area contributed by atoms with Crippen molar-refractivity contribution in [1.82, 2.24) is 4.90 Å². The summed E-state index contributed by atoms with van der Waals surface area (Å²) in [7, 11) is 1.71. The largest absolute Gasteiger partial charge is 0.371 e. The average molecular weight is 358 g/mol. The Kier molecular flexibility index (Phi) is 4.94. The zero-order valence-corrected chi connectivity index (χ0v) is 14.3. The highest BCUT2D eigenvalue weighted by Gasteiger charge is 2.44. The molecule has 1 aromatic carbocycles. The van der Waals surface area contributed by atoms with E-state index in [0.717, 1.165) is 24.8 Å². The third kappa shape index (κ3) is 3.87. The second kappa shape index (κ2) is 6.79. The number of hydrogen-bond acceptors (Lipinski definition) is 4. The summed E-state index contributed by atoms with van der Waals surface area (Å²) in [5, 5.41) is -0.799. The molecule has 5 nitrogen and oxygen atoms in total. The van der Waals surface area contributed by atoms with Crippen LogP contribution < -0.4 is 0 Å². The van der Waals surface area contributed by atoms with E-state index < -0.39 is 14.3 Å². The van der Waals surface area contributed by atoms with E-state index in [-0.39, 0.29) is 31.0 Å². The Morgan fingerprint density at radius 3 is 2.61 bits per heavy atom. The molecular weight excluding hydrogens is 338 g/mol. The predicted octanol–water partition coefficient (Wildman–Crippen LogP) is 2.29. The van der Waals surface area contributed by atoms with E-state index in [1.54, 1.807) is 4.90 Å². The number of rotatable bonds is 5. The van der Waals surface area contributed by atoms with Crippen LogP contribution in [0.1, 0.15) is 31.2 Å². The second-order valence-corrected chi connectivity index (χ2v) is 9.09. The Hall–Kier alpha value is -1.11. The average Bonchev–Trinajstić information content (AvgIpc) is 3.11. The van der Waals surface area contributed by atoms with E-state index in [0.29, 0.717) is 6.61 Å². The van der Waals surface area contributed by atoms with Gasteiger partial charge in [-0.2, -0.15) is 0 Å². The van der Waals surface area contributed by atoms with E-state index in [1.165, 1.54) is 0 Å². The maximum Gasteiger partial charge on any atom is 0.237 e. The van der Waals surface area contributed by atoms with Crippen molar-refractivity contribution in [3.05, 3.63) is 35.9 Å². The minimum atomic E-state index is -3.70. The molecule has 0 N–H and O–H groups in total. The summed E-state index contributed by atoms with van der Waals surface area (Å²) in [5.74, 6) is -0.139. The monoisotopic (exact) mass is 357 g/mol. The van der Waals surface area contributed by atoms with Crippen LogP contribution in [0.25, 0.3) is 0 Å². The van der Waals surface area contributed by atoms with Gasteiger partial charge in [-0.15, -0.1) is 0 Å². The molecule has 3 unspecified atom stereocenters. The van der Waals surface area contributed by atoms with Crippen LogP contribution in [0.3, 0.4) is 0 Å². The van der Waals surface area contributed by atoms with E-state index in [1.807, 2.05) is 30.3 Å². The molecular formula is C16H20ClNO4S.